The fraction of sp³-hybridized carbons (Fsp3) is 0.226. The van der Waals surface area contributed by atoms with E-state index in [1.807, 2.05) is 18.2 Å². The summed E-state index contributed by atoms with van der Waals surface area (Å²) in [5.74, 6) is 0. The van der Waals surface area contributed by atoms with E-state index < -0.39 is 0 Å². The number of hydrogen-bond donors (Lipinski definition) is 0. The van der Waals surface area contributed by atoms with Crippen LogP contribution in [0.2, 0.25) is 0 Å². The zero-order valence-electron chi connectivity index (χ0n) is 21.2. The number of rotatable bonds is 4. The molecule has 4 heteroatoms. The maximum atomic E-state index is 2.39. The molecule has 0 atom stereocenters. The molecule has 0 nitrogen and oxygen atoms in total. The summed E-state index contributed by atoms with van der Waals surface area (Å²) in [4.78, 5) is 0. The molecule has 0 spiro atoms. The fourth-order valence-electron chi connectivity index (χ4n) is 5.14. The van der Waals surface area contributed by atoms with E-state index in [1.165, 1.54) is 33.1 Å². The molecule has 0 fully saturated rings. The summed E-state index contributed by atoms with van der Waals surface area (Å²) in [6.45, 7) is 12.0. The van der Waals surface area contributed by atoms with Crippen LogP contribution in [0.3, 0.4) is 0 Å². The topological polar surface area (TPSA) is 0 Å². The quantitative estimate of drug-likeness (QED) is 0.202. The van der Waals surface area contributed by atoms with Gasteiger partial charge >= 0.3 is 22.4 Å². The van der Waals surface area contributed by atoms with Crippen LogP contribution in [-0.4, -0.2) is 18.0 Å². The van der Waals surface area contributed by atoms with E-state index in [2.05, 4.69) is 120 Å². The van der Waals surface area contributed by atoms with Gasteiger partial charge in [0.05, 0.1) is 0 Å². The second kappa shape index (κ2) is 13.6. The summed E-state index contributed by atoms with van der Waals surface area (Å²) in [6, 6.07) is 37.4. The molecular weight excluding hydrogens is 647 g/mol. The zero-order chi connectivity index (χ0) is 23.4. The minimum absolute atomic E-state index is 0. The van der Waals surface area contributed by atoms with Crippen molar-refractivity contribution < 1.29 is 34.8 Å². The van der Waals surface area contributed by atoms with Crippen molar-refractivity contribution in [3.05, 3.63) is 109 Å². The first-order valence-corrected chi connectivity index (χ1v) is 13.5. The van der Waals surface area contributed by atoms with Gasteiger partial charge in [0.2, 0.25) is 6.71 Å². The Morgan fingerprint density at radius 3 is 1.37 bits per heavy atom. The van der Waals surface area contributed by atoms with Gasteiger partial charge in [-0.15, -0.1) is 0 Å². The van der Waals surface area contributed by atoms with Gasteiger partial charge in [-0.1, -0.05) is 161 Å². The van der Waals surface area contributed by atoms with Gasteiger partial charge in [-0.25, -0.2) is 0 Å². The van der Waals surface area contributed by atoms with E-state index in [-0.39, 0.29) is 42.7 Å². The second-order valence-electron chi connectivity index (χ2n) is 9.42. The third kappa shape index (κ3) is 6.59. The Kier molecular flexibility index (Phi) is 11.5. The van der Waals surface area contributed by atoms with Crippen LogP contribution in [0.5, 0.6) is 0 Å². The van der Waals surface area contributed by atoms with Crippen molar-refractivity contribution >= 4 is 36.3 Å². The third-order valence-corrected chi connectivity index (χ3v) is 9.60. The van der Waals surface area contributed by atoms with Gasteiger partial charge in [-0.2, -0.15) is 0 Å². The molecule has 35 heavy (non-hydrogen) atoms. The molecule has 0 unspecified atom stereocenters. The van der Waals surface area contributed by atoms with E-state index in [9.17, 15) is 0 Å². The SMILES string of the molecule is CC(C)P(c1ccccc1B1c2ccccc2-c2ccccc21)C(C)C.Cc1ccccc1.[Au+].[Cl-]. The predicted molar refractivity (Wildman–Crippen MR) is 151 cm³/mol. The van der Waals surface area contributed by atoms with Crippen molar-refractivity contribution in [1.82, 2.24) is 0 Å². The first kappa shape index (κ1) is 29.6. The number of halogens is 1. The monoisotopic (exact) mass is 680 g/mol. The molecule has 0 saturated heterocycles. The summed E-state index contributed by atoms with van der Waals surface area (Å²) < 4.78 is 0. The number of fused-ring (bicyclic) bond motifs is 3. The van der Waals surface area contributed by atoms with Gasteiger partial charge in [0.15, 0.2) is 0 Å². The molecule has 1 aliphatic heterocycles. The molecule has 0 aliphatic carbocycles. The van der Waals surface area contributed by atoms with E-state index in [0.29, 0.717) is 18.0 Å². The van der Waals surface area contributed by atoms with E-state index >= 15 is 0 Å². The van der Waals surface area contributed by atoms with Gasteiger partial charge in [0.25, 0.3) is 0 Å². The van der Waals surface area contributed by atoms with Crippen LogP contribution in [0.4, 0.5) is 0 Å². The summed E-state index contributed by atoms with van der Waals surface area (Å²) in [5.41, 5.74) is 9.95. The zero-order valence-corrected chi connectivity index (χ0v) is 25.0. The van der Waals surface area contributed by atoms with Crippen LogP contribution >= 0.6 is 7.92 Å². The van der Waals surface area contributed by atoms with Gasteiger partial charge in [-0.3, -0.25) is 0 Å². The van der Waals surface area contributed by atoms with Crippen molar-refractivity contribution in [2.45, 2.75) is 45.9 Å². The number of benzene rings is 4. The van der Waals surface area contributed by atoms with Crippen LogP contribution in [0.1, 0.15) is 33.3 Å². The van der Waals surface area contributed by atoms with E-state index in [4.69, 9.17) is 0 Å². The Labute approximate surface area is 235 Å². The molecule has 0 aromatic heterocycles. The molecule has 0 amide bonds. The van der Waals surface area contributed by atoms with Crippen molar-refractivity contribution in [1.29, 1.82) is 0 Å². The average molecular weight is 681 g/mol. The average Bonchev–Trinajstić information content (AvgIpc) is 3.14. The smallest absolute Gasteiger partial charge is 1.00 e. The van der Waals surface area contributed by atoms with Crippen LogP contribution in [0.25, 0.3) is 11.1 Å². The minimum Gasteiger partial charge on any atom is -1.00 e. The van der Waals surface area contributed by atoms with E-state index in [1.54, 1.807) is 5.30 Å². The Bertz CT molecular complexity index is 1160. The van der Waals surface area contributed by atoms with E-state index in [0.717, 1.165) is 0 Å². The second-order valence-corrected chi connectivity index (χ2v) is 12.8. The van der Waals surface area contributed by atoms with Gasteiger partial charge in [0, 0.05) is 0 Å². The Hall–Kier alpha value is -1.59. The molecule has 4 aromatic carbocycles. The largest absolute Gasteiger partial charge is 1.00 e. The Morgan fingerprint density at radius 2 is 0.943 bits per heavy atom. The van der Waals surface area contributed by atoms with Crippen molar-refractivity contribution in [3.63, 3.8) is 0 Å². The summed E-state index contributed by atoms with van der Waals surface area (Å²) in [7, 11) is -0.189. The number of aryl methyl sites for hydroxylation is 1. The standard InChI is InChI=1S/C24H26BP.C7H8.Au.ClH/c1-17(2)26(18(3)4)24-16-10-9-15-23(24)25-21-13-7-5-11-19(21)20-12-6-8-14-22(20)25;1-7-5-3-2-4-6-7;;/h5-18H,1-4H3;2-6H,1H3;;1H/q;;+1;/p-1. The van der Waals surface area contributed by atoms with Gasteiger partial charge < -0.3 is 12.4 Å². The molecule has 5 rings (SSSR count). The molecule has 0 N–H and O–H groups in total. The first-order chi connectivity index (χ1) is 16.0. The molecular formula is C31H34AuBClP. The van der Waals surface area contributed by atoms with Crippen molar-refractivity contribution in [2.24, 2.45) is 0 Å². The molecule has 4 aromatic rings. The Balaban J connectivity index is 0.000000417. The van der Waals surface area contributed by atoms with Crippen LogP contribution in [0.15, 0.2) is 103 Å². The predicted octanol–water partition coefficient (Wildman–Crippen LogP) is 3.10. The minimum atomic E-state index is -0.189. The summed E-state index contributed by atoms with van der Waals surface area (Å²) in [5, 5.41) is 1.59. The molecule has 0 radical (unpaired) electrons. The van der Waals surface area contributed by atoms with Crippen LogP contribution in [-0.2, 0) is 22.4 Å². The Morgan fingerprint density at radius 1 is 0.543 bits per heavy atom. The van der Waals surface area contributed by atoms with Crippen LogP contribution in [0, 0.1) is 6.92 Å². The van der Waals surface area contributed by atoms with Crippen molar-refractivity contribution in [3.8, 4) is 11.1 Å². The first-order valence-electron chi connectivity index (χ1n) is 12.1. The third-order valence-electron chi connectivity index (χ3n) is 6.41. The molecule has 1 heterocycles. The maximum Gasteiger partial charge on any atom is 1.00 e. The fourth-order valence-corrected chi connectivity index (χ4v) is 8.21. The molecule has 1 aliphatic rings. The maximum absolute atomic E-state index is 2.39. The summed E-state index contributed by atoms with van der Waals surface area (Å²) in [6.07, 6.45) is 0. The van der Waals surface area contributed by atoms with Gasteiger partial charge in [0.1, 0.15) is 0 Å². The van der Waals surface area contributed by atoms with Crippen molar-refractivity contribution in [2.75, 3.05) is 0 Å². The summed E-state index contributed by atoms with van der Waals surface area (Å²) >= 11 is 0. The molecule has 184 valence electrons. The normalized spacial score (nSPS) is 11.3. The molecule has 0 bridgehead atoms. The van der Waals surface area contributed by atoms with Gasteiger partial charge in [-0.05, 0) is 34.7 Å². The van der Waals surface area contributed by atoms with Crippen LogP contribution < -0.4 is 34.1 Å². The number of hydrogen-bond acceptors (Lipinski definition) is 0. The molecule has 0 saturated carbocycles.